The minimum atomic E-state index is -0.470. The average Bonchev–Trinajstić information content (AvgIpc) is 2.79. The highest BCUT2D eigenvalue weighted by molar-refractivity contribution is 6.03. The van der Waals surface area contributed by atoms with Crippen LogP contribution in [0.5, 0.6) is 0 Å². The van der Waals surface area contributed by atoms with Crippen LogP contribution in [0.1, 0.15) is 35.1 Å². The molecular formula is C26H32N4O3. The number of benzene rings is 2. The number of rotatable bonds is 6. The predicted molar refractivity (Wildman–Crippen MR) is 128 cm³/mol. The molecule has 7 heteroatoms. The molecule has 2 saturated heterocycles. The molecule has 33 heavy (non-hydrogen) atoms. The highest BCUT2D eigenvalue weighted by Gasteiger charge is 2.47. The third-order valence-electron chi connectivity index (χ3n) is 6.56. The number of fused-ring (bicyclic) bond motifs is 1. The lowest BCUT2D eigenvalue weighted by molar-refractivity contribution is -0.138. The number of urea groups is 1. The molecule has 0 spiro atoms. The Morgan fingerprint density at radius 1 is 1.09 bits per heavy atom. The Labute approximate surface area is 195 Å². The van der Waals surface area contributed by atoms with Crippen molar-refractivity contribution in [2.24, 2.45) is 0 Å². The maximum absolute atomic E-state index is 13.4. The van der Waals surface area contributed by atoms with Gasteiger partial charge >= 0.3 is 6.03 Å². The number of nitrogens with one attached hydrogen (secondary N) is 2. The summed E-state index contributed by atoms with van der Waals surface area (Å²) in [6.07, 6.45) is 2.15. The van der Waals surface area contributed by atoms with Crippen molar-refractivity contribution in [3.05, 3.63) is 64.7 Å². The van der Waals surface area contributed by atoms with Gasteiger partial charge in [0.1, 0.15) is 12.6 Å². The van der Waals surface area contributed by atoms with Crippen LogP contribution < -0.4 is 10.6 Å². The van der Waals surface area contributed by atoms with E-state index in [1.54, 1.807) is 4.90 Å². The summed E-state index contributed by atoms with van der Waals surface area (Å²) in [6.45, 7) is 6.90. The van der Waals surface area contributed by atoms with Crippen molar-refractivity contribution in [1.82, 2.24) is 15.1 Å². The molecule has 2 fully saturated rings. The average molecular weight is 449 g/mol. The van der Waals surface area contributed by atoms with Crippen LogP contribution >= 0.6 is 0 Å². The first-order chi connectivity index (χ1) is 15.8. The second-order valence-corrected chi connectivity index (χ2v) is 9.10. The van der Waals surface area contributed by atoms with Crippen molar-refractivity contribution in [1.29, 1.82) is 0 Å². The van der Waals surface area contributed by atoms with Gasteiger partial charge in [-0.05, 0) is 63.3 Å². The van der Waals surface area contributed by atoms with Crippen LogP contribution in [0.15, 0.2) is 42.5 Å². The van der Waals surface area contributed by atoms with Crippen LogP contribution in [0.4, 0.5) is 10.5 Å². The lowest BCUT2D eigenvalue weighted by Gasteiger charge is -2.46. The van der Waals surface area contributed by atoms with Crippen LogP contribution in [0, 0.1) is 20.8 Å². The minimum absolute atomic E-state index is 0.0798. The highest BCUT2D eigenvalue weighted by atomic mass is 16.2. The van der Waals surface area contributed by atoms with Crippen LogP contribution in [-0.4, -0.2) is 59.4 Å². The second kappa shape index (κ2) is 9.75. The van der Waals surface area contributed by atoms with Crippen molar-refractivity contribution < 1.29 is 14.4 Å². The first-order valence-corrected chi connectivity index (χ1v) is 11.6. The Bertz CT molecular complexity index is 1030. The Hall–Kier alpha value is -3.19. The Kier molecular flexibility index (Phi) is 6.79. The molecular weight excluding hydrogens is 416 g/mol. The van der Waals surface area contributed by atoms with E-state index in [-0.39, 0.29) is 30.4 Å². The molecule has 2 heterocycles. The zero-order chi connectivity index (χ0) is 23.5. The lowest BCUT2D eigenvalue weighted by Crippen LogP contribution is -2.70. The van der Waals surface area contributed by atoms with Gasteiger partial charge < -0.3 is 15.5 Å². The number of carbonyl (C=O) groups is 3. The number of aryl methyl sites for hydroxylation is 3. The fourth-order valence-corrected chi connectivity index (χ4v) is 5.01. The molecule has 2 aliphatic rings. The van der Waals surface area contributed by atoms with Crippen LogP contribution in [0.2, 0.25) is 0 Å². The van der Waals surface area contributed by atoms with Crippen molar-refractivity contribution in [2.45, 2.75) is 52.1 Å². The molecule has 174 valence electrons. The summed E-state index contributed by atoms with van der Waals surface area (Å²) in [5, 5.41) is 6.28. The first kappa shape index (κ1) is 23.0. The first-order valence-electron chi connectivity index (χ1n) is 11.6. The Morgan fingerprint density at radius 3 is 2.48 bits per heavy atom. The van der Waals surface area contributed by atoms with E-state index in [1.165, 1.54) is 4.90 Å². The molecule has 0 aromatic heterocycles. The van der Waals surface area contributed by atoms with Gasteiger partial charge in [0.15, 0.2) is 0 Å². The summed E-state index contributed by atoms with van der Waals surface area (Å²) in [6, 6.07) is 12.7. The maximum Gasteiger partial charge on any atom is 0.327 e. The number of carbonyl (C=O) groups excluding carboxylic acids is 3. The molecule has 2 aromatic rings. The van der Waals surface area contributed by atoms with Crippen LogP contribution in [0.3, 0.4) is 0 Å². The molecule has 2 N–H and O–H groups in total. The summed E-state index contributed by atoms with van der Waals surface area (Å²) in [4.78, 5) is 42.5. The standard InChI is InChI=1S/C26H32N4O3/c1-17-14-18(2)23(19(3)15-17)28-22(31)16-30-21-10-7-12-27-24(21)25(32)29(26(30)33)13-11-20-8-5-4-6-9-20/h4-6,8-9,14-15,21,24,27H,7,10-13,16H2,1-3H3,(H,28,31). The molecule has 7 nitrogen and oxygen atoms in total. The zero-order valence-corrected chi connectivity index (χ0v) is 19.6. The molecule has 4 rings (SSSR count). The van der Waals surface area contributed by atoms with E-state index in [9.17, 15) is 14.4 Å². The quantitative estimate of drug-likeness (QED) is 0.711. The molecule has 0 aliphatic carbocycles. The van der Waals surface area contributed by atoms with Crippen LogP contribution in [0.25, 0.3) is 0 Å². The van der Waals surface area contributed by atoms with Gasteiger partial charge in [-0.15, -0.1) is 0 Å². The fraction of sp³-hybridized carbons (Fsp3) is 0.423. The SMILES string of the molecule is Cc1cc(C)c(NC(=O)CN2C(=O)N(CCc3ccccc3)C(=O)C3NCCCC32)c(C)c1. The van der Waals surface area contributed by atoms with Gasteiger partial charge in [-0.3, -0.25) is 14.5 Å². The predicted octanol–water partition coefficient (Wildman–Crippen LogP) is 3.18. The Balaban J connectivity index is 1.51. The number of anilines is 1. The molecule has 0 bridgehead atoms. The summed E-state index contributed by atoms with van der Waals surface area (Å²) >= 11 is 0. The smallest absolute Gasteiger partial charge is 0.324 e. The normalized spacial score (nSPS) is 20.6. The number of nitrogens with zero attached hydrogens (tertiary/aromatic N) is 2. The van der Waals surface area contributed by atoms with Crippen molar-refractivity contribution in [3.8, 4) is 0 Å². The minimum Gasteiger partial charge on any atom is -0.324 e. The molecule has 0 radical (unpaired) electrons. The van der Waals surface area contributed by atoms with E-state index in [0.717, 1.165) is 40.9 Å². The number of piperidine rings is 1. The number of hydrogen-bond donors (Lipinski definition) is 2. The summed E-state index contributed by atoms with van der Waals surface area (Å²) in [5.41, 5.74) is 4.96. The van der Waals surface area contributed by atoms with E-state index in [2.05, 4.69) is 10.6 Å². The zero-order valence-electron chi connectivity index (χ0n) is 19.6. The molecule has 2 aliphatic heterocycles. The highest BCUT2D eigenvalue weighted by Crippen LogP contribution is 2.26. The van der Waals surface area contributed by atoms with Crippen molar-refractivity contribution in [3.63, 3.8) is 0 Å². The van der Waals surface area contributed by atoms with E-state index >= 15 is 0 Å². The van der Waals surface area contributed by atoms with E-state index in [4.69, 9.17) is 0 Å². The van der Waals surface area contributed by atoms with Gasteiger partial charge in [0.2, 0.25) is 11.8 Å². The fourth-order valence-electron chi connectivity index (χ4n) is 5.01. The second-order valence-electron chi connectivity index (χ2n) is 9.10. The van der Waals surface area contributed by atoms with E-state index < -0.39 is 6.04 Å². The van der Waals surface area contributed by atoms with Gasteiger partial charge in [0.25, 0.3) is 0 Å². The Morgan fingerprint density at radius 2 is 1.79 bits per heavy atom. The number of amides is 4. The van der Waals surface area contributed by atoms with Crippen molar-refractivity contribution in [2.75, 3.05) is 25.0 Å². The third-order valence-corrected chi connectivity index (χ3v) is 6.56. The molecule has 2 unspecified atom stereocenters. The van der Waals surface area contributed by atoms with Gasteiger partial charge in [0, 0.05) is 12.2 Å². The number of imide groups is 1. The monoisotopic (exact) mass is 448 g/mol. The lowest BCUT2D eigenvalue weighted by atomic mass is 9.93. The molecule has 2 atom stereocenters. The number of hydrogen-bond acceptors (Lipinski definition) is 4. The van der Waals surface area contributed by atoms with Gasteiger partial charge in [-0.1, -0.05) is 48.0 Å². The maximum atomic E-state index is 13.4. The van der Waals surface area contributed by atoms with Gasteiger partial charge in [0.05, 0.1) is 6.04 Å². The van der Waals surface area contributed by atoms with E-state index in [1.807, 2.05) is 63.2 Å². The van der Waals surface area contributed by atoms with Gasteiger partial charge in [-0.2, -0.15) is 0 Å². The molecule has 2 aromatic carbocycles. The largest absolute Gasteiger partial charge is 0.327 e. The van der Waals surface area contributed by atoms with E-state index in [0.29, 0.717) is 19.4 Å². The molecule has 4 amide bonds. The van der Waals surface area contributed by atoms with Crippen LogP contribution in [-0.2, 0) is 16.0 Å². The summed E-state index contributed by atoms with van der Waals surface area (Å²) in [5.74, 6) is -0.442. The van der Waals surface area contributed by atoms with Crippen molar-refractivity contribution >= 4 is 23.5 Å². The summed E-state index contributed by atoms with van der Waals surface area (Å²) in [7, 11) is 0. The third kappa shape index (κ3) is 4.93. The summed E-state index contributed by atoms with van der Waals surface area (Å²) < 4.78 is 0. The van der Waals surface area contributed by atoms with Gasteiger partial charge in [-0.25, -0.2) is 4.79 Å². The topological polar surface area (TPSA) is 81.8 Å². The molecule has 0 saturated carbocycles.